The summed E-state index contributed by atoms with van der Waals surface area (Å²) in [4.78, 5) is 12.2. The van der Waals surface area contributed by atoms with Gasteiger partial charge in [0, 0.05) is 0 Å². The second-order valence-corrected chi connectivity index (χ2v) is 6.44. The molecule has 1 saturated carbocycles. The molecule has 24 heavy (non-hydrogen) atoms. The number of aliphatic hydroxyl groups is 1. The normalized spacial score (nSPS) is 17.8. The average Bonchev–Trinajstić information content (AvgIpc) is 3.24. The lowest BCUT2D eigenvalue weighted by atomic mass is 10.0. The van der Waals surface area contributed by atoms with E-state index >= 15 is 0 Å². The van der Waals surface area contributed by atoms with Gasteiger partial charge < -0.3 is 20.2 Å². The monoisotopic (exact) mass is 332 g/mol. The van der Waals surface area contributed by atoms with Gasteiger partial charge in [-0.25, -0.2) is 9.18 Å². The molecule has 3 N–H and O–H groups in total. The highest BCUT2D eigenvalue weighted by atomic mass is 19.1. The quantitative estimate of drug-likeness (QED) is 0.761. The van der Waals surface area contributed by atoms with Crippen LogP contribution in [0.4, 0.5) is 9.18 Å². The molecular weight excluding hydrogens is 311 g/mol. The predicted molar refractivity (Wildman–Crippen MR) is 86.7 cm³/mol. The molecule has 2 aromatic rings. The summed E-state index contributed by atoms with van der Waals surface area (Å²) in [5.41, 5.74) is -0.405. The number of benzene rings is 1. The Labute approximate surface area is 139 Å². The van der Waals surface area contributed by atoms with Crippen molar-refractivity contribution in [3.05, 3.63) is 59.8 Å². The molecule has 0 spiro atoms. The Morgan fingerprint density at radius 1 is 1.38 bits per heavy atom. The maximum absolute atomic E-state index is 13.1. The molecule has 0 bridgehead atoms. The highest BCUT2D eigenvalue weighted by Gasteiger charge is 2.34. The van der Waals surface area contributed by atoms with Crippen LogP contribution in [0.15, 0.2) is 47.1 Å². The summed E-state index contributed by atoms with van der Waals surface area (Å²) in [5.74, 6) is 0.458. The number of nitrogens with one attached hydrogen (secondary N) is 2. The van der Waals surface area contributed by atoms with E-state index in [1.165, 1.54) is 18.4 Å². The molecule has 0 aliphatic heterocycles. The third kappa shape index (κ3) is 3.94. The molecule has 1 aromatic heterocycles. The van der Waals surface area contributed by atoms with E-state index in [9.17, 15) is 14.3 Å². The molecule has 128 valence electrons. The number of rotatable bonds is 6. The zero-order valence-electron chi connectivity index (χ0n) is 13.5. The molecular formula is C18H21FN2O3. The van der Waals surface area contributed by atoms with Crippen LogP contribution in [0.3, 0.4) is 0 Å². The fraction of sp³-hybridized carbons (Fsp3) is 0.389. The van der Waals surface area contributed by atoms with E-state index in [0.717, 1.165) is 18.4 Å². The fourth-order valence-corrected chi connectivity index (χ4v) is 2.69. The van der Waals surface area contributed by atoms with Crippen molar-refractivity contribution in [1.29, 1.82) is 0 Å². The summed E-state index contributed by atoms with van der Waals surface area (Å²) in [6.45, 7) is 1.59. The zero-order chi connectivity index (χ0) is 17.2. The summed E-state index contributed by atoms with van der Waals surface area (Å²) >= 11 is 0. The van der Waals surface area contributed by atoms with Crippen molar-refractivity contribution in [2.24, 2.45) is 5.92 Å². The Morgan fingerprint density at radius 3 is 2.67 bits per heavy atom. The van der Waals surface area contributed by atoms with E-state index in [1.807, 2.05) is 0 Å². The predicted octanol–water partition coefficient (Wildman–Crippen LogP) is 3.08. The molecule has 1 aliphatic carbocycles. The van der Waals surface area contributed by atoms with Gasteiger partial charge in [-0.2, -0.15) is 0 Å². The van der Waals surface area contributed by atoms with Crippen LogP contribution in [-0.4, -0.2) is 17.7 Å². The summed E-state index contributed by atoms with van der Waals surface area (Å²) in [6, 6.07) is 8.99. The molecule has 1 heterocycles. The Morgan fingerprint density at radius 2 is 2.08 bits per heavy atom. The van der Waals surface area contributed by atoms with Crippen molar-refractivity contribution in [3.63, 3.8) is 0 Å². The molecule has 2 atom stereocenters. The molecule has 0 radical (unpaired) electrons. The fourth-order valence-electron chi connectivity index (χ4n) is 2.69. The van der Waals surface area contributed by atoms with E-state index < -0.39 is 5.60 Å². The number of amides is 2. The van der Waals surface area contributed by atoms with Crippen LogP contribution in [-0.2, 0) is 5.60 Å². The number of halogens is 1. The average molecular weight is 332 g/mol. The van der Waals surface area contributed by atoms with Gasteiger partial charge in [-0.05, 0) is 55.5 Å². The third-order valence-electron chi connectivity index (χ3n) is 4.25. The first-order valence-electron chi connectivity index (χ1n) is 8.02. The topological polar surface area (TPSA) is 74.5 Å². The van der Waals surface area contributed by atoms with Crippen LogP contribution >= 0.6 is 0 Å². The van der Waals surface area contributed by atoms with Gasteiger partial charge >= 0.3 is 6.03 Å². The van der Waals surface area contributed by atoms with Crippen molar-refractivity contribution in [2.75, 3.05) is 6.54 Å². The van der Waals surface area contributed by atoms with Crippen molar-refractivity contribution >= 4 is 6.03 Å². The minimum absolute atomic E-state index is 0.0210. The Bertz CT molecular complexity index is 679. The van der Waals surface area contributed by atoms with Gasteiger partial charge in [0.2, 0.25) is 0 Å². The molecule has 3 rings (SSSR count). The number of carbonyl (C=O) groups excluding carboxylic acids is 1. The number of hydrogen-bond donors (Lipinski definition) is 3. The Hall–Kier alpha value is -2.34. The van der Waals surface area contributed by atoms with Crippen LogP contribution in [0.1, 0.15) is 37.1 Å². The minimum Gasteiger partial charge on any atom is -0.466 e. The Balaban J connectivity index is 1.59. The second kappa shape index (κ2) is 6.65. The van der Waals surface area contributed by atoms with Gasteiger partial charge in [-0.3, -0.25) is 0 Å². The van der Waals surface area contributed by atoms with E-state index in [2.05, 4.69) is 10.6 Å². The third-order valence-corrected chi connectivity index (χ3v) is 4.25. The van der Waals surface area contributed by atoms with Crippen LogP contribution in [0.5, 0.6) is 0 Å². The summed E-state index contributed by atoms with van der Waals surface area (Å²) in [5, 5.41) is 15.9. The zero-order valence-corrected chi connectivity index (χ0v) is 13.5. The number of hydrogen-bond acceptors (Lipinski definition) is 3. The number of carbonyl (C=O) groups is 1. The molecule has 5 nitrogen and oxygen atoms in total. The summed E-state index contributed by atoms with van der Waals surface area (Å²) in [6.07, 6.45) is 3.54. The second-order valence-electron chi connectivity index (χ2n) is 6.44. The lowest BCUT2D eigenvalue weighted by Gasteiger charge is -2.23. The van der Waals surface area contributed by atoms with Gasteiger partial charge in [0.1, 0.15) is 17.2 Å². The summed E-state index contributed by atoms with van der Waals surface area (Å²) < 4.78 is 18.3. The Kier molecular flexibility index (Phi) is 4.57. The van der Waals surface area contributed by atoms with Crippen molar-refractivity contribution in [3.8, 4) is 0 Å². The van der Waals surface area contributed by atoms with Crippen molar-refractivity contribution < 1.29 is 18.7 Å². The van der Waals surface area contributed by atoms with Crippen LogP contribution in [0.2, 0.25) is 0 Å². The smallest absolute Gasteiger partial charge is 0.315 e. The first-order valence-corrected chi connectivity index (χ1v) is 8.02. The maximum Gasteiger partial charge on any atom is 0.315 e. The van der Waals surface area contributed by atoms with Gasteiger partial charge in [-0.1, -0.05) is 12.1 Å². The minimum atomic E-state index is -1.29. The van der Waals surface area contributed by atoms with E-state index in [-0.39, 0.29) is 24.4 Å². The van der Waals surface area contributed by atoms with Crippen LogP contribution in [0, 0.1) is 11.7 Å². The molecule has 1 aliphatic rings. The lowest BCUT2D eigenvalue weighted by molar-refractivity contribution is 0.0366. The largest absolute Gasteiger partial charge is 0.466 e. The van der Waals surface area contributed by atoms with Gasteiger partial charge in [-0.15, -0.1) is 0 Å². The first-order chi connectivity index (χ1) is 11.5. The lowest BCUT2D eigenvalue weighted by Crippen LogP contribution is -2.44. The van der Waals surface area contributed by atoms with Crippen molar-refractivity contribution in [1.82, 2.24) is 10.6 Å². The SMILES string of the molecule is C[C@](O)(CNC(=O)N[C@@H](c1ccc(F)cc1)C1CC1)c1ccco1. The highest BCUT2D eigenvalue weighted by Crippen LogP contribution is 2.41. The maximum atomic E-state index is 13.1. The molecule has 2 amide bonds. The summed E-state index contributed by atoms with van der Waals surface area (Å²) in [7, 11) is 0. The number of urea groups is 1. The van der Waals surface area contributed by atoms with E-state index in [0.29, 0.717) is 11.7 Å². The highest BCUT2D eigenvalue weighted by molar-refractivity contribution is 5.74. The molecule has 1 fully saturated rings. The van der Waals surface area contributed by atoms with Gasteiger partial charge in [0.15, 0.2) is 0 Å². The first kappa shape index (κ1) is 16.5. The van der Waals surface area contributed by atoms with Crippen LogP contribution in [0.25, 0.3) is 0 Å². The van der Waals surface area contributed by atoms with Crippen molar-refractivity contribution in [2.45, 2.75) is 31.4 Å². The molecule has 1 aromatic carbocycles. The number of furan rings is 1. The van der Waals surface area contributed by atoms with Crippen LogP contribution < -0.4 is 10.6 Å². The molecule has 6 heteroatoms. The standard InChI is InChI=1S/C18H21FN2O3/c1-18(23,15-3-2-10-24-15)11-20-17(22)21-16(12-4-5-12)13-6-8-14(19)9-7-13/h2-3,6-10,12,16,23H,4-5,11H2,1H3,(H2,20,21,22)/t16-,18+/m1/s1. The molecule has 0 saturated heterocycles. The van der Waals surface area contributed by atoms with Gasteiger partial charge in [0.05, 0.1) is 18.8 Å². The van der Waals surface area contributed by atoms with E-state index in [4.69, 9.17) is 4.42 Å². The van der Waals surface area contributed by atoms with E-state index in [1.54, 1.807) is 31.2 Å². The van der Waals surface area contributed by atoms with Gasteiger partial charge in [0.25, 0.3) is 0 Å². The molecule has 0 unspecified atom stereocenters.